The quantitative estimate of drug-likeness (QED) is 0.0108. The molecule has 51 heteroatoms. The molecule has 0 unspecified atom stereocenters. The molecule has 1 saturated heterocycles. The second-order valence-electron chi connectivity index (χ2n) is 30.5. The number of rotatable bonds is 53. The zero-order valence-corrected chi connectivity index (χ0v) is 74.3. The van der Waals surface area contributed by atoms with Gasteiger partial charge < -0.3 is 137 Å². The summed E-state index contributed by atoms with van der Waals surface area (Å²) in [6.45, 7) is 9.04. The third kappa shape index (κ3) is 35.2. The molecule has 128 heavy (non-hydrogen) atoms. The van der Waals surface area contributed by atoms with Gasteiger partial charge in [-0.1, -0.05) is 44.2 Å². The first kappa shape index (κ1) is 108. The number of fused-ring (bicyclic) bond motifs is 1. The van der Waals surface area contributed by atoms with E-state index in [0.29, 0.717) is 22.0 Å². The van der Waals surface area contributed by atoms with E-state index < -0.39 is 270 Å². The van der Waals surface area contributed by atoms with Gasteiger partial charge in [0.05, 0.1) is 25.4 Å². The van der Waals surface area contributed by atoms with Crippen LogP contribution < -0.4 is 96.5 Å². The number of aliphatic hydroxyl groups is 1. The topological polar surface area (TPSA) is 750 Å². The predicted molar refractivity (Wildman–Crippen MR) is 468 cm³/mol. The zero-order chi connectivity index (χ0) is 96.3. The number of nitrogens with zero attached hydrogens (tertiary/aromatic N) is 1. The highest BCUT2D eigenvalue weighted by atomic mass is 32.1. The van der Waals surface area contributed by atoms with Crippen LogP contribution in [0.4, 0.5) is 0 Å². The van der Waals surface area contributed by atoms with Gasteiger partial charge in [-0.05, 0) is 102 Å². The van der Waals surface area contributed by atoms with Crippen molar-refractivity contribution in [3.8, 4) is 5.75 Å². The molecule has 1 fully saturated rings. The van der Waals surface area contributed by atoms with Gasteiger partial charge >= 0.3 is 23.9 Å². The minimum atomic E-state index is -1.98. The highest BCUT2D eigenvalue weighted by molar-refractivity contribution is 7.80. The summed E-state index contributed by atoms with van der Waals surface area (Å²) in [6.07, 6.45) is -4.07. The monoisotopic (exact) mass is 1880 g/mol. The summed E-state index contributed by atoms with van der Waals surface area (Å²) < 4.78 is 0. The maximum atomic E-state index is 14.7. The molecule has 28 N–H and O–H groups in total. The highest BCUT2D eigenvalue weighted by Gasteiger charge is 2.43. The summed E-state index contributed by atoms with van der Waals surface area (Å²) in [5, 5.41) is 105. The second-order valence-corrected chi connectivity index (χ2v) is 31.9. The number of H-pyrrole nitrogens is 1. The van der Waals surface area contributed by atoms with Crippen LogP contribution in [0, 0.1) is 11.3 Å². The van der Waals surface area contributed by atoms with Crippen LogP contribution in [0.15, 0.2) is 54.7 Å². The lowest BCUT2D eigenvalue weighted by Crippen LogP contribution is -2.61. The van der Waals surface area contributed by atoms with Crippen LogP contribution in [0.2, 0.25) is 0 Å². The second kappa shape index (κ2) is 52.8. The van der Waals surface area contributed by atoms with Crippen LogP contribution >= 0.6 is 50.5 Å². The first-order chi connectivity index (χ1) is 60.1. The lowest BCUT2D eigenvalue weighted by atomic mass is 10.0. The van der Waals surface area contributed by atoms with Gasteiger partial charge in [0.25, 0.3) is 0 Å². The smallest absolute Gasteiger partial charge is 0.326 e. The number of carboxylic acid groups (broad SMARTS) is 4. The maximum absolute atomic E-state index is 14.7. The summed E-state index contributed by atoms with van der Waals surface area (Å²) in [7, 11) is 0. The fourth-order valence-electron chi connectivity index (χ4n) is 12.5. The first-order valence-electron chi connectivity index (χ1n) is 40.2. The van der Waals surface area contributed by atoms with Crippen molar-refractivity contribution in [1.29, 1.82) is 5.41 Å². The number of aliphatic hydroxyl groups excluding tert-OH is 1. The van der Waals surface area contributed by atoms with E-state index in [4.69, 9.17) is 16.9 Å². The Balaban J connectivity index is 1.48. The van der Waals surface area contributed by atoms with Crippen molar-refractivity contribution in [2.45, 2.75) is 221 Å². The number of hydrogen-bond acceptors (Lipinski definition) is 28. The molecule has 2 aromatic carbocycles. The van der Waals surface area contributed by atoms with Crippen molar-refractivity contribution in [1.82, 2.24) is 95.0 Å². The van der Waals surface area contributed by atoms with Crippen molar-refractivity contribution in [2.75, 3.05) is 36.1 Å². The number of nitrogens with one attached hydrogen (secondary N) is 18. The van der Waals surface area contributed by atoms with Gasteiger partial charge in [0, 0.05) is 66.0 Å². The van der Waals surface area contributed by atoms with Gasteiger partial charge in [0.1, 0.15) is 108 Å². The summed E-state index contributed by atoms with van der Waals surface area (Å²) in [5.41, 5.74) is 12.5. The van der Waals surface area contributed by atoms with E-state index in [1.807, 2.05) is 0 Å². The molecule has 0 radical (unpaired) electrons. The summed E-state index contributed by atoms with van der Waals surface area (Å²) in [4.78, 5) is 273. The summed E-state index contributed by atoms with van der Waals surface area (Å²) in [5.74, 6) is -26.2. The van der Waals surface area contributed by atoms with Crippen molar-refractivity contribution >= 4 is 186 Å². The van der Waals surface area contributed by atoms with Crippen molar-refractivity contribution in [2.24, 2.45) is 17.4 Å². The number of para-hydroxylation sites is 1. The molecule has 0 spiro atoms. The average Bonchev–Trinajstić information content (AvgIpc) is 1.64. The molecule has 0 aliphatic carbocycles. The Morgan fingerprint density at radius 3 is 1.30 bits per heavy atom. The number of carboxylic acids is 4. The number of aromatic nitrogens is 1. The van der Waals surface area contributed by atoms with E-state index in [0.717, 1.165) is 11.8 Å². The number of hydrogen-bond donors (Lipinski definition) is 30. The number of aromatic hydroxyl groups is 1. The van der Waals surface area contributed by atoms with Crippen LogP contribution in [0.5, 0.6) is 5.75 Å². The molecule has 3 aromatic rings. The Kier molecular flexibility index (Phi) is 44.6. The van der Waals surface area contributed by atoms with Crippen LogP contribution in [0.3, 0.4) is 0 Å². The Morgan fingerprint density at radius 1 is 0.461 bits per heavy atom. The van der Waals surface area contributed by atoms with Crippen LogP contribution in [0.25, 0.3) is 10.9 Å². The number of thiol groups is 4. The fourth-order valence-corrected chi connectivity index (χ4v) is 13.6. The molecule has 4 rings (SSSR count). The maximum Gasteiger partial charge on any atom is 0.326 e. The van der Waals surface area contributed by atoms with Gasteiger partial charge in [-0.25, -0.2) is 4.79 Å². The lowest BCUT2D eigenvalue weighted by molar-refractivity contribution is -0.147. The normalized spacial score (nSPS) is 16.3. The number of carbonyl (C=O) groups excluding carboxylic acids is 16. The minimum Gasteiger partial charge on any atom is -0.508 e. The number of benzene rings is 2. The molecule has 706 valence electrons. The predicted octanol–water partition coefficient (Wildman–Crippen LogP) is -7.75. The summed E-state index contributed by atoms with van der Waals surface area (Å²) in [6, 6.07) is -15.0. The average molecular weight is 1880 g/mol. The molecule has 1 aliphatic heterocycles. The van der Waals surface area contributed by atoms with Gasteiger partial charge in [-0.3, -0.25) is 96.5 Å². The van der Waals surface area contributed by atoms with E-state index in [1.165, 1.54) is 58.2 Å². The Morgan fingerprint density at radius 2 is 0.836 bits per heavy atom. The number of likely N-dealkylation sites (tertiary alicyclic amines) is 1. The van der Waals surface area contributed by atoms with Gasteiger partial charge in [0.2, 0.25) is 94.5 Å². The lowest BCUT2D eigenvalue weighted by Gasteiger charge is -2.30. The Labute approximate surface area is 755 Å². The summed E-state index contributed by atoms with van der Waals surface area (Å²) >= 11 is 16.6. The standard InChI is InChI=1S/C77H113N21O26S4/c1-33(2)22-45(90-71(118)53(31-127)97-72(119)54(32-128)96-68(115)48(25-56(101)102)89-62(109)36(5)84-69(116)51(29-125)94-63(110)37(6)86-74(121)59(78)38(7)99)65(112)83-34(3)60(107)87-44(14-10-20-81-77(79)80)64(111)92-49(26-57(103)104)75(122)98-21-11-15-55(98)73(120)91-46(23-39-16-18-41(100)19-17-39)66(113)95-52(30-126)70(117)85-35(4)61(108)88-47(67(114)93-50(76(123)124)27-58(105)106)24-40-28-82-43-13-9-8-12-42(40)43/h8-9,12-13,16-19,28,33-38,44-55,59,82,99-100,125-128H,10-11,14-15,20-27,29-32,78H2,1-7H3,(H,83,112)(H,84,116)(H,85,117)(H,86,121)(H,87,107)(H,88,108)(H,89,109)(H,90,118)(H,91,120)(H,92,111)(H,93,114)(H,94,110)(H,95,113)(H,96,115)(H,97,119)(H,101,102)(H,103,104)(H,105,106)(H,123,124)(H4,79,80,81)/t34-,35-,36-,37-,38+,44-,45-,46-,47-,48-,49-,50-,51-,52-,53-,54-,55-,59-/m0/s1. The van der Waals surface area contributed by atoms with Crippen LogP contribution in [0.1, 0.15) is 111 Å². The number of phenolic OH excluding ortho intramolecular Hbond substituents is 1. The van der Waals surface area contributed by atoms with Gasteiger partial charge in [-0.2, -0.15) is 50.5 Å². The zero-order valence-electron chi connectivity index (χ0n) is 70.7. The van der Waals surface area contributed by atoms with Crippen molar-refractivity contribution < 1.29 is 127 Å². The van der Waals surface area contributed by atoms with Gasteiger partial charge in [0.15, 0.2) is 5.96 Å². The van der Waals surface area contributed by atoms with E-state index >= 15 is 0 Å². The van der Waals surface area contributed by atoms with E-state index in [2.05, 4.69) is 141 Å². The molecule has 1 aromatic heterocycles. The number of guanidine groups is 1. The molecule has 0 saturated carbocycles. The number of phenols is 1. The number of amides is 16. The molecule has 47 nitrogen and oxygen atoms in total. The Hall–Kier alpha value is -12.2. The fraction of sp³-hybridized carbons (Fsp3) is 0.545. The molecule has 1 aliphatic rings. The number of aromatic amines is 1. The first-order valence-corrected chi connectivity index (χ1v) is 42.7. The third-order valence-corrected chi connectivity index (χ3v) is 21.1. The molecule has 18 atom stereocenters. The number of aliphatic carboxylic acids is 4. The molecule has 2 heterocycles. The molecule has 16 amide bonds. The van der Waals surface area contributed by atoms with E-state index in [9.17, 15) is 127 Å². The minimum absolute atomic E-state index is 0.0499. The SMILES string of the molecule is CC(C)C[C@H](NC(=O)[C@H](CS)NC(=O)[C@H](CS)NC(=O)[C@H](CC(=O)O)NC(=O)[C@H](C)NC(=O)[C@H](CS)NC(=O)[C@H](C)NC(=O)[C@@H](N)[C@@H](C)O)C(=O)N[C@@H](C)C(=O)N[C@@H](CCCNC(=N)N)C(=O)N[C@@H](CC(=O)O)C(=O)N1CCC[C@H]1C(=O)N[C@@H](Cc1ccc(O)cc1)C(=O)N[C@@H](CS)C(=O)N[C@@H](C)C(=O)N[C@@H](Cc1c[nH]c2ccccc12)C(=O)N[C@@H](CC(=O)O)C(=O)O. The van der Waals surface area contributed by atoms with Crippen LogP contribution in [-0.2, 0) is 109 Å². The number of nitrogens with two attached hydrogens (primary N) is 2. The third-order valence-electron chi connectivity index (χ3n) is 19.6. The molecule has 0 bridgehead atoms. The molecular formula is C77H113N21O26S4. The van der Waals surface area contributed by atoms with Crippen molar-refractivity contribution in [3.05, 3.63) is 65.9 Å². The Bertz CT molecular complexity index is 4510. The molecular weight excluding hydrogens is 1760 g/mol. The van der Waals surface area contributed by atoms with Crippen molar-refractivity contribution in [3.63, 3.8) is 0 Å². The van der Waals surface area contributed by atoms with Crippen LogP contribution in [-0.4, -0.2) is 310 Å². The van der Waals surface area contributed by atoms with E-state index in [-0.39, 0.29) is 75.5 Å². The highest BCUT2D eigenvalue weighted by Crippen LogP contribution is 2.23. The van der Waals surface area contributed by atoms with Gasteiger partial charge in [-0.15, -0.1) is 0 Å². The van der Waals surface area contributed by atoms with E-state index in [1.54, 1.807) is 38.1 Å². The number of carbonyl (C=O) groups is 20. The largest absolute Gasteiger partial charge is 0.508 e.